The van der Waals surface area contributed by atoms with E-state index < -0.39 is 5.97 Å². The summed E-state index contributed by atoms with van der Waals surface area (Å²) in [7, 11) is 0. The molecule has 0 aliphatic rings. The molecular formula is C26H23N3O4. The van der Waals surface area contributed by atoms with E-state index >= 15 is 0 Å². The zero-order valence-electron chi connectivity index (χ0n) is 18.0. The Morgan fingerprint density at radius 1 is 1.06 bits per heavy atom. The van der Waals surface area contributed by atoms with E-state index in [1.807, 2.05) is 48.5 Å². The molecule has 1 heterocycles. The number of carboxylic acids is 1. The number of imidazole rings is 1. The smallest absolute Gasteiger partial charge is 0.335 e. The average molecular weight is 441 g/mol. The first kappa shape index (κ1) is 21.8. The van der Waals surface area contributed by atoms with Gasteiger partial charge in [-0.25, -0.2) is 9.78 Å². The number of hydrogen-bond donors (Lipinski definition) is 3. The Labute approximate surface area is 191 Å². The topological polar surface area (TPSA) is 104 Å². The second-order valence-electron chi connectivity index (χ2n) is 7.55. The van der Waals surface area contributed by atoms with Gasteiger partial charge in [-0.2, -0.15) is 0 Å². The van der Waals surface area contributed by atoms with Crippen molar-refractivity contribution in [2.75, 3.05) is 11.9 Å². The molecule has 0 radical (unpaired) electrons. The number of H-pyrrole nitrogens is 1. The third kappa shape index (κ3) is 5.27. The van der Waals surface area contributed by atoms with Crippen molar-refractivity contribution in [1.29, 1.82) is 0 Å². The maximum Gasteiger partial charge on any atom is 0.335 e. The van der Waals surface area contributed by atoms with Crippen molar-refractivity contribution in [3.8, 4) is 17.0 Å². The number of carboxylic acid groups (broad SMARTS) is 1. The lowest BCUT2D eigenvalue weighted by Gasteiger charge is -2.11. The highest BCUT2D eigenvalue weighted by atomic mass is 16.5. The lowest BCUT2D eigenvalue weighted by atomic mass is 10.0. The SMILES string of the molecule is Cc1cc(C(=O)Nc2ccc(CCOc3ccccc3-c3cnc[nH]3)cc2)ccc1C(=O)O. The molecule has 0 atom stereocenters. The Morgan fingerprint density at radius 2 is 1.85 bits per heavy atom. The average Bonchev–Trinajstić information content (AvgIpc) is 3.35. The van der Waals surface area contributed by atoms with Crippen molar-refractivity contribution < 1.29 is 19.4 Å². The van der Waals surface area contributed by atoms with Gasteiger partial charge in [0.2, 0.25) is 0 Å². The van der Waals surface area contributed by atoms with Crippen LogP contribution in [-0.2, 0) is 6.42 Å². The number of hydrogen-bond acceptors (Lipinski definition) is 4. The van der Waals surface area contributed by atoms with E-state index in [-0.39, 0.29) is 11.5 Å². The minimum absolute atomic E-state index is 0.185. The van der Waals surface area contributed by atoms with E-state index in [1.54, 1.807) is 25.5 Å². The normalized spacial score (nSPS) is 10.6. The van der Waals surface area contributed by atoms with Gasteiger partial charge in [0.15, 0.2) is 0 Å². The van der Waals surface area contributed by atoms with Crippen molar-refractivity contribution in [1.82, 2.24) is 9.97 Å². The molecule has 33 heavy (non-hydrogen) atoms. The quantitative estimate of drug-likeness (QED) is 0.359. The van der Waals surface area contributed by atoms with Crippen LogP contribution in [0.4, 0.5) is 5.69 Å². The molecule has 7 nitrogen and oxygen atoms in total. The maximum atomic E-state index is 12.5. The summed E-state index contributed by atoms with van der Waals surface area (Å²) < 4.78 is 6.00. The number of carbonyl (C=O) groups excluding carboxylic acids is 1. The van der Waals surface area contributed by atoms with Crippen LogP contribution in [0.1, 0.15) is 31.8 Å². The number of amides is 1. The first-order chi connectivity index (χ1) is 16.0. The summed E-state index contributed by atoms with van der Waals surface area (Å²) in [4.78, 5) is 30.8. The van der Waals surface area contributed by atoms with Crippen LogP contribution in [-0.4, -0.2) is 33.6 Å². The van der Waals surface area contributed by atoms with Crippen LogP contribution in [0.25, 0.3) is 11.3 Å². The highest BCUT2D eigenvalue weighted by Gasteiger charge is 2.12. The van der Waals surface area contributed by atoms with Crippen LogP contribution >= 0.6 is 0 Å². The molecule has 0 spiro atoms. The second-order valence-corrected chi connectivity index (χ2v) is 7.55. The van der Waals surface area contributed by atoms with Crippen LogP contribution in [0.15, 0.2) is 79.3 Å². The molecule has 0 saturated carbocycles. The lowest BCUT2D eigenvalue weighted by Crippen LogP contribution is -2.13. The van der Waals surface area contributed by atoms with E-state index in [9.17, 15) is 9.59 Å². The summed E-state index contributed by atoms with van der Waals surface area (Å²) in [6.07, 6.45) is 4.11. The molecule has 4 rings (SSSR count). The van der Waals surface area contributed by atoms with Crippen LogP contribution in [0.5, 0.6) is 5.75 Å². The van der Waals surface area contributed by atoms with Crippen molar-refractivity contribution in [3.63, 3.8) is 0 Å². The number of aryl methyl sites for hydroxylation is 1. The zero-order valence-corrected chi connectivity index (χ0v) is 18.0. The summed E-state index contributed by atoms with van der Waals surface area (Å²) in [5.41, 5.74) is 4.73. The van der Waals surface area contributed by atoms with Crippen LogP contribution in [0.3, 0.4) is 0 Å². The molecule has 3 aromatic carbocycles. The van der Waals surface area contributed by atoms with E-state index in [0.29, 0.717) is 29.8 Å². The van der Waals surface area contributed by atoms with Gasteiger partial charge in [0, 0.05) is 23.2 Å². The third-order valence-electron chi connectivity index (χ3n) is 5.25. The predicted octanol–water partition coefficient (Wildman–Crippen LogP) is 4.96. The van der Waals surface area contributed by atoms with Crippen LogP contribution < -0.4 is 10.1 Å². The number of para-hydroxylation sites is 1. The Balaban J connectivity index is 1.33. The van der Waals surface area contributed by atoms with Gasteiger partial charge < -0.3 is 20.1 Å². The molecule has 0 bridgehead atoms. The summed E-state index contributed by atoms with van der Waals surface area (Å²) >= 11 is 0. The number of aromatic nitrogens is 2. The summed E-state index contributed by atoms with van der Waals surface area (Å²) in [6.45, 7) is 2.18. The summed E-state index contributed by atoms with van der Waals surface area (Å²) in [5, 5.41) is 12.0. The number of nitrogens with zero attached hydrogens (tertiary/aromatic N) is 1. The van der Waals surface area contributed by atoms with Gasteiger partial charge in [-0.05, 0) is 60.5 Å². The third-order valence-corrected chi connectivity index (χ3v) is 5.25. The van der Waals surface area contributed by atoms with Gasteiger partial charge in [-0.1, -0.05) is 24.3 Å². The van der Waals surface area contributed by atoms with Crippen molar-refractivity contribution in [2.45, 2.75) is 13.3 Å². The van der Waals surface area contributed by atoms with Gasteiger partial charge >= 0.3 is 5.97 Å². The fourth-order valence-electron chi connectivity index (χ4n) is 3.50. The molecule has 4 aromatic rings. The minimum atomic E-state index is -1.01. The Hall–Kier alpha value is -4.39. The van der Waals surface area contributed by atoms with Gasteiger partial charge in [0.25, 0.3) is 5.91 Å². The van der Waals surface area contributed by atoms with Crippen molar-refractivity contribution >= 4 is 17.6 Å². The molecule has 166 valence electrons. The molecule has 3 N–H and O–H groups in total. The molecule has 0 fully saturated rings. The Bertz CT molecular complexity index is 1270. The largest absolute Gasteiger partial charge is 0.493 e. The number of rotatable bonds is 8. The van der Waals surface area contributed by atoms with Crippen LogP contribution in [0, 0.1) is 6.92 Å². The van der Waals surface area contributed by atoms with E-state index in [2.05, 4.69) is 15.3 Å². The fraction of sp³-hybridized carbons (Fsp3) is 0.115. The van der Waals surface area contributed by atoms with Crippen molar-refractivity contribution in [3.05, 3.63) is 102 Å². The molecular weight excluding hydrogens is 418 g/mol. The number of carbonyl (C=O) groups is 2. The molecule has 7 heteroatoms. The number of nitrogens with one attached hydrogen (secondary N) is 2. The van der Waals surface area contributed by atoms with Crippen molar-refractivity contribution in [2.24, 2.45) is 0 Å². The van der Waals surface area contributed by atoms with Crippen LogP contribution in [0.2, 0.25) is 0 Å². The summed E-state index contributed by atoms with van der Waals surface area (Å²) in [5.74, 6) is -0.514. The highest BCUT2D eigenvalue weighted by Crippen LogP contribution is 2.28. The predicted molar refractivity (Wildman–Crippen MR) is 126 cm³/mol. The molecule has 0 aliphatic carbocycles. The first-order valence-electron chi connectivity index (χ1n) is 10.5. The summed E-state index contributed by atoms with van der Waals surface area (Å²) in [6, 6.07) is 19.9. The molecule has 0 unspecified atom stereocenters. The van der Waals surface area contributed by atoms with Gasteiger partial charge in [0.05, 0.1) is 30.4 Å². The molecule has 0 saturated heterocycles. The van der Waals surface area contributed by atoms with E-state index in [1.165, 1.54) is 12.1 Å². The van der Waals surface area contributed by atoms with E-state index in [4.69, 9.17) is 9.84 Å². The number of benzene rings is 3. The lowest BCUT2D eigenvalue weighted by molar-refractivity contribution is 0.0695. The highest BCUT2D eigenvalue weighted by molar-refractivity contribution is 6.05. The maximum absolute atomic E-state index is 12.5. The Morgan fingerprint density at radius 3 is 2.55 bits per heavy atom. The van der Waals surface area contributed by atoms with Gasteiger partial charge in [-0.15, -0.1) is 0 Å². The second kappa shape index (κ2) is 9.82. The zero-order chi connectivity index (χ0) is 23.2. The number of aromatic carboxylic acids is 1. The number of ether oxygens (including phenoxy) is 1. The van der Waals surface area contributed by atoms with E-state index in [0.717, 1.165) is 22.6 Å². The minimum Gasteiger partial charge on any atom is -0.493 e. The van der Waals surface area contributed by atoms with Gasteiger partial charge in [-0.3, -0.25) is 4.79 Å². The standard InChI is InChI=1S/C26H23N3O4/c1-17-14-19(8-11-21(17)26(31)32)25(30)29-20-9-6-18(7-10-20)12-13-33-24-5-3-2-4-22(24)23-15-27-16-28-23/h2-11,14-16H,12-13H2,1H3,(H,27,28)(H,29,30)(H,31,32). The number of aromatic amines is 1. The Kier molecular flexibility index (Phi) is 6.50. The monoisotopic (exact) mass is 441 g/mol. The van der Waals surface area contributed by atoms with Gasteiger partial charge in [0.1, 0.15) is 5.75 Å². The fourth-order valence-corrected chi connectivity index (χ4v) is 3.50. The molecule has 0 aliphatic heterocycles. The molecule has 1 aromatic heterocycles. The first-order valence-corrected chi connectivity index (χ1v) is 10.5. The molecule has 1 amide bonds. The number of anilines is 1.